The van der Waals surface area contributed by atoms with Crippen LogP contribution in [0, 0.1) is 6.07 Å². The molecule has 0 aromatic heterocycles. The van der Waals surface area contributed by atoms with Crippen molar-refractivity contribution >= 4 is 9.69 Å². The van der Waals surface area contributed by atoms with E-state index in [9.17, 15) is 0 Å². The van der Waals surface area contributed by atoms with Crippen LogP contribution in [0.2, 0.25) is 0 Å². The van der Waals surface area contributed by atoms with E-state index in [4.69, 9.17) is 14.4 Å². The summed E-state index contributed by atoms with van der Waals surface area (Å²) < 4.78 is 5.57. The normalized spacial score (nSPS) is 10.0. The summed E-state index contributed by atoms with van der Waals surface area (Å²) >= 11 is 0.847. The van der Waals surface area contributed by atoms with Gasteiger partial charge < -0.3 is 4.74 Å². The molecule has 0 unspecified atom stereocenters. The van der Waals surface area contributed by atoms with Gasteiger partial charge in [0.1, 0.15) is 0 Å². The van der Waals surface area contributed by atoms with Gasteiger partial charge in [-0.25, -0.2) is 0 Å². The van der Waals surface area contributed by atoms with E-state index in [2.05, 4.69) is 6.07 Å². The minimum absolute atomic E-state index is 0.116. The first-order valence-corrected chi connectivity index (χ1v) is 7.90. The number of ether oxygens (including phenoxy) is 1. The molecule has 0 atom stereocenters. The predicted octanol–water partition coefficient (Wildman–Crippen LogP) is 3.35. The van der Waals surface area contributed by atoms with E-state index in [0.29, 0.717) is 0 Å². The minimum atomic E-state index is -0.116. The Morgan fingerprint density at radius 2 is 2.00 bits per heavy atom. The van der Waals surface area contributed by atoms with Crippen LogP contribution in [0.25, 0.3) is 0 Å². The standard InChI is InChI=1S/C10H13O.ClH.Zn/c1-10(2,3)11-9-7-5-4-6-8-9;;/h4-5,7-8H,1-3H3;1H;/q-1;;+2/p-1. The molecule has 0 heterocycles. The van der Waals surface area contributed by atoms with Crippen LogP contribution in [0.5, 0.6) is 5.75 Å². The van der Waals surface area contributed by atoms with Crippen LogP contribution >= 0.6 is 9.69 Å². The first-order chi connectivity index (χ1) is 6.08. The first kappa shape index (κ1) is 12.9. The van der Waals surface area contributed by atoms with Crippen molar-refractivity contribution in [3.63, 3.8) is 0 Å². The van der Waals surface area contributed by atoms with Crippen LogP contribution in [0.1, 0.15) is 20.8 Å². The van der Waals surface area contributed by atoms with Crippen molar-refractivity contribution in [3.05, 3.63) is 30.3 Å². The molecule has 0 spiro atoms. The van der Waals surface area contributed by atoms with E-state index in [-0.39, 0.29) is 5.60 Å². The molecule has 0 fully saturated rings. The van der Waals surface area contributed by atoms with Gasteiger partial charge in [0.25, 0.3) is 0 Å². The van der Waals surface area contributed by atoms with Gasteiger partial charge in [-0.15, -0.1) is 12.1 Å². The summed E-state index contributed by atoms with van der Waals surface area (Å²) in [5, 5.41) is 0. The van der Waals surface area contributed by atoms with Crippen LogP contribution in [0.15, 0.2) is 24.3 Å². The van der Waals surface area contributed by atoms with E-state index < -0.39 is 0 Å². The maximum atomic E-state index is 5.57. The van der Waals surface area contributed by atoms with E-state index >= 15 is 0 Å². The van der Waals surface area contributed by atoms with Crippen molar-refractivity contribution in [2.75, 3.05) is 0 Å². The third-order valence-electron chi connectivity index (χ3n) is 1.10. The van der Waals surface area contributed by atoms with E-state index in [1.54, 1.807) is 0 Å². The van der Waals surface area contributed by atoms with Gasteiger partial charge in [-0.1, -0.05) is 0 Å². The molecule has 1 nitrogen and oxygen atoms in total. The second-order valence-corrected chi connectivity index (χ2v) is 3.45. The molecule has 0 bridgehead atoms. The van der Waals surface area contributed by atoms with Crippen LogP contribution in [0.4, 0.5) is 0 Å². The second-order valence-electron chi connectivity index (χ2n) is 3.45. The van der Waals surface area contributed by atoms with Gasteiger partial charge in [0, 0.05) is 5.75 Å². The van der Waals surface area contributed by atoms with Gasteiger partial charge in [-0.3, -0.25) is 0 Å². The summed E-state index contributed by atoms with van der Waals surface area (Å²) in [6, 6.07) is 10.5. The zero-order chi connectivity index (χ0) is 10.3. The van der Waals surface area contributed by atoms with Crippen LogP contribution < -0.4 is 4.74 Å². The van der Waals surface area contributed by atoms with Crippen LogP contribution in [-0.4, -0.2) is 5.60 Å². The van der Waals surface area contributed by atoms with Gasteiger partial charge in [-0.2, -0.15) is 18.2 Å². The zero-order valence-electron chi connectivity index (χ0n) is 8.30. The monoisotopic (exact) mass is 248 g/mol. The third-order valence-corrected chi connectivity index (χ3v) is 1.10. The molecule has 13 heavy (non-hydrogen) atoms. The molecule has 1 aromatic carbocycles. The molecule has 0 aliphatic carbocycles. The summed E-state index contributed by atoms with van der Waals surface area (Å²) in [4.78, 5) is 0. The Balaban J connectivity index is 0.000000671. The van der Waals surface area contributed by atoms with Crippen LogP contribution in [0.3, 0.4) is 0 Å². The number of rotatable bonds is 1. The SMILES string of the molecule is CC(C)(C)Oc1c[c-]ccc1.[Cl][Zn+]. The molecule has 1 aromatic rings. The van der Waals surface area contributed by atoms with Crippen molar-refractivity contribution in [2.45, 2.75) is 26.4 Å². The Bertz CT molecular complexity index is 218. The summed E-state index contributed by atoms with van der Waals surface area (Å²) in [6.07, 6.45) is 0. The van der Waals surface area contributed by atoms with Crippen molar-refractivity contribution in [3.8, 4) is 5.75 Å². The quantitative estimate of drug-likeness (QED) is 0.548. The van der Waals surface area contributed by atoms with Gasteiger partial charge in [0.15, 0.2) is 0 Å². The average Bonchev–Trinajstić information content (AvgIpc) is 2.07. The fraction of sp³-hybridized carbons (Fsp3) is 0.400. The van der Waals surface area contributed by atoms with E-state index in [1.165, 1.54) is 0 Å². The van der Waals surface area contributed by atoms with Gasteiger partial charge >= 0.3 is 27.0 Å². The molecule has 0 amide bonds. The maximum absolute atomic E-state index is 5.57. The molecule has 3 heteroatoms. The Kier molecular flexibility index (Phi) is 6.36. The van der Waals surface area contributed by atoms with Gasteiger partial charge in [0.05, 0.1) is 5.60 Å². The number of hydrogen-bond donors (Lipinski definition) is 0. The van der Waals surface area contributed by atoms with Gasteiger partial charge in [-0.05, 0) is 20.8 Å². The van der Waals surface area contributed by atoms with Crippen molar-refractivity contribution in [1.29, 1.82) is 0 Å². The molecule has 68 valence electrons. The molecule has 0 saturated heterocycles. The van der Waals surface area contributed by atoms with Crippen molar-refractivity contribution < 1.29 is 22.0 Å². The Morgan fingerprint density at radius 3 is 2.38 bits per heavy atom. The average molecular weight is 250 g/mol. The summed E-state index contributed by atoms with van der Waals surface area (Å²) in [5.41, 5.74) is -0.116. The van der Waals surface area contributed by atoms with Crippen molar-refractivity contribution in [1.82, 2.24) is 0 Å². The van der Waals surface area contributed by atoms with Crippen molar-refractivity contribution in [2.24, 2.45) is 0 Å². The second kappa shape index (κ2) is 6.40. The molecule has 0 saturated carbocycles. The molecule has 0 aliphatic rings. The predicted molar refractivity (Wildman–Crippen MR) is 51.5 cm³/mol. The number of halogens is 1. The molecule has 0 radical (unpaired) electrons. The molecule has 0 aliphatic heterocycles. The van der Waals surface area contributed by atoms with E-state index in [1.807, 2.05) is 45.0 Å². The van der Waals surface area contributed by atoms with E-state index in [0.717, 1.165) is 23.1 Å². The Labute approximate surface area is 94.2 Å². The third kappa shape index (κ3) is 7.04. The Morgan fingerprint density at radius 1 is 1.38 bits per heavy atom. The number of benzene rings is 1. The Hall–Kier alpha value is -0.0666. The zero-order valence-corrected chi connectivity index (χ0v) is 12.0. The van der Waals surface area contributed by atoms with Gasteiger partial charge in [0.2, 0.25) is 0 Å². The fourth-order valence-electron chi connectivity index (χ4n) is 0.794. The summed E-state index contributed by atoms with van der Waals surface area (Å²) in [5.74, 6) is 0.875. The molecule has 0 N–H and O–H groups in total. The molecular formula is C10H13ClOZn. The fourth-order valence-corrected chi connectivity index (χ4v) is 0.794. The summed E-state index contributed by atoms with van der Waals surface area (Å²) in [6.45, 7) is 6.08. The molecular weight excluding hydrogens is 237 g/mol. The van der Waals surface area contributed by atoms with Crippen LogP contribution in [-0.2, 0) is 17.3 Å². The topological polar surface area (TPSA) is 9.23 Å². The molecule has 1 rings (SSSR count). The summed E-state index contributed by atoms with van der Waals surface area (Å²) in [7, 11) is 4.76. The number of hydrogen-bond acceptors (Lipinski definition) is 1. The first-order valence-electron chi connectivity index (χ1n) is 4.00.